The van der Waals surface area contributed by atoms with Gasteiger partial charge in [0.25, 0.3) is 0 Å². The van der Waals surface area contributed by atoms with Gasteiger partial charge in [-0.15, -0.1) is 0 Å². The van der Waals surface area contributed by atoms with Gasteiger partial charge in [-0.3, -0.25) is 9.59 Å². The molecule has 0 amide bonds. The van der Waals surface area contributed by atoms with E-state index in [-0.39, 0.29) is 18.2 Å². The van der Waals surface area contributed by atoms with Crippen molar-refractivity contribution in [3.8, 4) is 0 Å². The topological polar surface area (TPSA) is 43.4 Å². The van der Waals surface area contributed by atoms with Crippen LogP contribution in [0, 0.1) is 0 Å². The molecule has 3 nitrogen and oxygen atoms in total. The number of Topliss-reactive ketones (excluding diaryl/α,β-unsaturated/α-hetero) is 1. The number of benzene rings is 1. The Morgan fingerprint density at radius 2 is 1.95 bits per heavy atom. The fourth-order valence-corrected chi connectivity index (χ4v) is 2.41. The molecule has 100 valence electrons. The van der Waals surface area contributed by atoms with Gasteiger partial charge in [0.1, 0.15) is 0 Å². The molecule has 0 aromatic heterocycles. The number of halogens is 1. The van der Waals surface area contributed by atoms with Gasteiger partial charge in [0.2, 0.25) is 0 Å². The number of methoxy groups -OCH3 is 1. The van der Waals surface area contributed by atoms with E-state index in [9.17, 15) is 9.59 Å². The van der Waals surface area contributed by atoms with E-state index >= 15 is 0 Å². The van der Waals surface area contributed by atoms with E-state index < -0.39 is 0 Å². The minimum Gasteiger partial charge on any atom is -0.469 e. The lowest BCUT2D eigenvalue weighted by molar-refractivity contribution is -0.140. The Bertz CT molecular complexity index is 529. The monoisotopic (exact) mass is 278 g/mol. The van der Waals surface area contributed by atoms with Gasteiger partial charge in [-0.05, 0) is 36.1 Å². The average molecular weight is 279 g/mol. The molecule has 0 fully saturated rings. The smallest absolute Gasteiger partial charge is 0.310 e. The van der Waals surface area contributed by atoms with Crippen molar-refractivity contribution in [2.75, 3.05) is 7.11 Å². The van der Waals surface area contributed by atoms with E-state index in [0.29, 0.717) is 17.0 Å². The molecule has 0 heterocycles. The van der Waals surface area contributed by atoms with Crippen LogP contribution in [0.1, 0.15) is 31.2 Å². The molecule has 19 heavy (non-hydrogen) atoms. The van der Waals surface area contributed by atoms with Gasteiger partial charge in [-0.25, -0.2) is 0 Å². The number of carbonyl (C=O) groups is 2. The summed E-state index contributed by atoms with van der Waals surface area (Å²) < 4.78 is 4.66. The molecular formula is C15H15ClO3. The van der Waals surface area contributed by atoms with Crippen molar-refractivity contribution in [1.82, 2.24) is 0 Å². The zero-order valence-electron chi connectivity index (χ0n) is 10.7. The van der Waals surface area contributed by atoms with E-state index in [1.807, 2.05) is 12.1 Å². The van der Waals surface area contributed by atoms with Crippen molar-refractivity contribution in [3.05, 3.63) is 40.4 Å². The second-order valence-corrected chi connectivity index (χ2v) is 4.93. The molecule has 0 aliphatic heterocycles. The van der Waals surface area contributed by atoms with Gasteiger partial charge in [-0.2, -0.15) is 0 Å². The highest BCUT2D eigenvalue weighted by Gasteiger charge is 2.23. The van der Waals surface area contributed by atoms with Crippen LogP contribution in [0.25, 0.3) is 5.57 Å². The van der Waals surface area contributed by atoms with E-state index in [0.717, 1.165) is 24.0 Å². The summed E-state index contributed by atoms with van der Waals surface area (Å²) in [6.45, 7) is 0. The zero-order chi connectivity index (χ0) is 13.8. The summed E-state index contributed by atoms with van der Waals surface area (Å²) in [5, 5.41) is 0.654. The minimum atomic E-state index is -0.378. The number of hydrogen-bond donors (Lipinski definition) is 0. The lowest BCUT2D eigenvalue weighted by Gasteiger charge is -2.19. The number of rotatable bonds is 3. The molecule has 1 aromatic rings. The summed E-state index contributed by atoms with van der Waals surface area (Å²) >= 11 is 5.87. The van der Waals surface area contributed by atoms with Crippen LogP contribution < -0.4 is 0 Å². The van der Waals surface area contributed by atoms with Gasteiger partial charge < -0.3 is 4.74 Å². The Hall–Kier alpha value is -1.61. The Labute approximate surface area is 117 Å². The second-order valence-electron chi connectivity index (χ2n) is 4.49. The van der Waals surface area contributed by atoms with Gasteiger partial charge in [0, 0.05) is 17.0 Å². The molecule has 1 aliphatic carbocycles. The first-order valence-electron chi connectivity index (χ1n) is 6.20. The van der Waals surface area contributed by atoms with Crippen molar-refractivity contribution in [2.24, 2.45) is 0 Å². The molecule has 0 saturated carbocycles. The summed E-state index contributed by atoms with van der Waals surface area (Å²) in [7, 11) is 1.33. The predicted molar refractivity (Wildman–Crippen MR) is 73.9 cm³/mol. The maximum Gasteiger partial charge on any atom is 0.310 e. The largest absolute Gasteiger partial charge is 0.469 e. The Morgan fingerprint density at radius 3 is 2.58 bits per heavy atom. The Balaban J connectivity index is 2.40. The van der Waals surface area contributed by atoms with Crippen LogP contribution in [0.3, 0.4) is 0 Å². The summed E-state index contributed by atoms with van der Waals surface area (Å²) in [6, 6.07) is 7.35. The minimum absolute atomic E-state index is 0.0431. The molecule has 1 aromatic carbocycles. The lowest BCUT2D eigenvalue weighted by Crippen LogP contribution is -2.15. The SMILES string of the molecule is COC(=O)CC1=C(c2ccc(Cl)cc2)CCCC1=O. The molecule has 0 atom stereocenters. The standard InChI is InChI=1S/C15H15ClO3/c1-19-15(18)9-13-12(3-2-4-14(13)17)10-5-7-11(16)8-6-10/h5-8H,2-4,9H2,1H3. The van der Waals surface area contributed by atoms with E-state index in [4.69, 9.17) is 11.6 Å². The maximum atomic E-state index is 12.0. The third kappa shape index (κ3) is 3.24. The van der Waals surface area contributed by atoms with Crippen LogP contribution >= 0.6 is 11.6 Å². The van der Waals surface area contributed by atoms with Gasteiger partial charge in [-0.1, -0.05) is 23.7 Å². The fourth-order valence-electron chi connectivity index (χ4n) is 2.29. The second kappa shape index (κ2) is 6.02. The molecule has 4 heteroatoms. The fraction of sp³-hybridized carbons (Fsp3) is 0.333. The first-order valence-corrected chi connectivity index (χ1v) is 6.57. The summed E-state index contributed by atoms with van der Waals surface area (Å²) in [4.78, 5) is 23.4. The molecule has 0 radical (unpaired) electrons. The van der Waals surface area contributed by atoms with Gasteiger partial charge in [0.15, 0.2) is 5.78 Å². The van der Waals surface area contributed by atoms with E-state index in [2.05, 4.69) is 4.74 Å². The summed E-state index contributed by atoms with van der Waals surface area (Å²) in [5.74, 6) is -0.335. The maximum absolute atomic E-state index is 12.0. The molecule has 0 bridgehead atoms. The Morgan fingerprint density at radius 1 is 1.26 bits per heavy atom. The molecule has 1 aliphatic rings. The molecule has 0 N–H and O–H groups in total. The number of ether oxygens (including phenoxy) is 1. The van der Waals surface area contributed by atoms with Crippen molar-refractivity contribution >= 4 is 28.9 Å². The van der Waals surface area contributed by atoms with Crippen LogP contribution in [0.15, 0.2) is 29.8 Å². The van der Waals surface area contributed by atoms with Gasteiger partial charge in [0.05, 0.1) is 13.5 Å². The van der Waals surface area contributed by atoms with E-state index in [1.54, 1.807) is 12.1 Å². The van der Waals surface area contributed by atoms with Crippen molar-refractivity contribution in [1.29, 1.82) is 0 Å². The Kier molecular flexibility index (Phi) is 4.38. The molecule has 0 unspecified atom stereocenters. The average Bonchev–Trinajstić information content (AvgIpc) is 2.42. The molecule has 2 rings (SSSR count). The third-order valence-electron chi connectivity index (χ3n) is 3.27. The van der Waals surface area contributed by atoms with Crippen LogP contribution in [0.2, 0.25) is 5.02 Å². The molecule has 0 saturated heterocycles. The quantitative estimate of drug-likeness (QED) is 0.796. The highest BCUT2D eigenvalue weighted by molar-refractivity contribution is 6.30. The highest BCUT2D eigenvalue weighted by Crippen LogP contribution is 2.32. The van der Waals surface area contributed by atoms with E-state index in [1.165, 1.54) is 7.11 Å². The van der Waals surface area contributed by atoms with Crippen molar-refractivity contribution in [3.63, 3.8) is 0 Å². The number of esters is 1. The molecule has 0 spiro atoms. The number of hydrogen-bond acceptors (Lipinski definition) is 3. The first-order chi connectivity index (χ1) is 9.11. The number of carbonyl (C=O) groups excluding carboxylic acids is 2. The normalized spacial score (nSPS) is 15.6. The van der Waals surface area contributed by atoms with Crippen LogP contribution in [0.4, 0.5) is 0 Å². The number of ketones is 1. The van der Waals surface area contributed by atoms with Crippen molar-refractivity contribution < 1.29 is 14.3 Å². The number of allylic oxidation sites excluding steroid dienone is 1. The first kappa shape index (κ1) is 13.8. The van der Waals surface area contributed by atoms with Crippen LogP contribution in [0.5, 0.6) is 0 Å². The van der Waals surface area contributed by atoms with Crippen LogP contribution in [-0.4, -0.2) is 18.9 Å². The summed E-state index contributed by atoms with van der Waals surface area (Å²) in [6.07, 6.45) is 2.18. The predicted octanol–water partition coefficient (Wildman–Crippen LogP) is 3.41. The van der Waals surface area contributed by atoms with Crippen molar-refractivity contribution in [2.45, 2.75) is 25.7 Å². The molecular weight excluding hydrogens is 264 g/mol. The zero-order valence-corrected chi connectivity index (χ0v) is 11.5. The third-order valence-corrected chi connectivity index (χ3v) is 3.52. The lowest BCUT2D eigenvalue weighted by atomic mass is 9.85. The van der Waals surface area contributed by atoms with Crippen LogP contribution in [-0.2, 0) is 14.3 Å². The summed E-state index contributed by atoms with van der Waals surface area (Å²) in [5.41, 5.74) is 2.48. The van der Waals surface area contributed by atoms with Gasteiger partial charge >= 0.3 is 5.97 Å². The highest BCUT2D eigenvalue weighted by atomic mass is 35.5.